The van der Waals surface area contributed by atoms with Crippen molar-refractivity contribution in [3.05, 3.63) is 59.2 Å². The first kappa shape index (κ1) is 20.1. The Morgan fingerprint density at radius 1 is 1.18 bits per heavy atom. The van der Waals surface area contributed by atoms with E-state index in [9.17, 15) is 17.8 Å². The van der Waals surface area contributed by atoms with Crippen molar-refractivity contribution in [1.29, 1.82) is 0 Å². The van der Waals surface area contributed by atoms with Crippen molar-refractivity contribution in [1.82, 2.24) is 0 Å². The normalized spacial score (nSPS) is 16.2. The first-order valence-corrected chi connectivity index (χ1v) is 9.79. The number of para-hydroxylation sites is 1. The van der Waals surface area contributed by atoms with Gasteiger partial charge in [0.15, 0.2) is 11.6 Å². The van der Waals surface area contributed by atoms with Gasteiger partial charge in [0.25, 0.3) is 5.91 Å². The molecule has 28 heavy (non-hydrogen) atoms. The highest BCUT2D eigenvalue weighted by Crippen LogP contribution is 2.31. The SMILES string of the molecule is CC(C)(C)S(=O)N=C1CCOc2c(C(=O)Nc3ccc(F)c(F)c3)cccc21. The van der Waals surface area contributed by atoms with Crippen molar-refractivity contribution in [2.75, 3.05) is 11.9 Å². The summed E-state index contributed by atoms with van der Waals surface area (Å²) in [5.41, 5.74) is 1.56. The number of rotatable bonds is 3. The first-order valence-electron chi connectivity index (χ1n) is 8.69. The second-order valence-electron chi connectivity index (χ2n) is 7.26. The van der Waals surface area contributed by atoms with Gasteiger partial charge in [0, 0.05) is 23.7 Å². The molecule has 0 saturated carbocycles. The van der Waals surface area contributed by atoms with E-state index in [-0.39, 0.29) is 11.3 Å². The minimum atomic E-state index is -1.44. The van der Waals surface area contributed by atoms with Crippen LogP contribution in [0.4, 0.5) is 14.5 Å². The Balaban J connectivity index is 1.93. The maximum atomic E-state index is 13.4. The van der Waals surface area contributed by atoms with E-state index in [1.165, 1.54) is 6.07 Å². The molecule has 5 nitrogen and oxygen atoms in total. The zero-order chi connectivity index (χ0) is 20.5. The molecule has 1 unspecified atom stereocenters. The predicted molar refractivity (Wildman–Crippen MR) is 105 cm³/mol. The Kier molecular flexibility index (Phi) is 5.60. The molecule has 0 radical (unpaired) electrons. The summed E-state index contributed by atoms with van der Waals surface area (Å²) in [6.07, 6.45) is 0.475. The molecule has 8 heteroatoms. The number of ether oxygens (including phenoxy) is 1. The quantitative estimate of drug-likeness (QED) is 0.829. The summed E-state index contributed by atoms with van der Waals surface area (Å²) in [5.74, 6) is -2.24. The molecule has 1 heterocycles. The number of hydrogen-bond donors (Lipinski definition) is 1. The Morgan fingerprint density at radius 2 is 1.93 bits per heavy atom. The first-order chi connectivity index (χ1) is 13.2. The van der Waals surface area contributed by atoms with Crippen LogP contribution < -0.4 is 10.1 Å². The van der Waals surface area contributed by atoms with Crippen LogP contribution in [-0.2, 0) is 11.0 Å². The third kappa shape index (κ3) is 4.27. The van der Waals surface area contributed by atoms with Crippen molar-refractivity contribution in [3.63, 3.8) is 0 Å². The molecule has 1 N–H and O–H groups in total. The molecule has 0 bridgehead atoms. The van der Waals surface area contributed by atoms with E-state index in [4.69, 9.17) is 4.74 Å². The Bertz CT molecular complexity index is 984. The van der Waals surface area contributed by atoms with Crippen LogP contribution in [0.5, 0.6) is 5.75 Å². The average molecular weight is 406 g/mol. The molecule has 148 valence electrons. The lowest BCUT2D eigenvalue weighted by atomic mass is 10.00. The van der Waals surface area contributed by atoms with E-state index < -0.39 is 33.3 Å². The lowest BCUT2D eigenvalue weighted by molar-refractivity contribution is 0.102. The lowest BCUT2D eigenvalue weighted by Crippen LogP contribution is -2.24. The summed E-state index contributed by atoms with van der Waals surface area (Å²) in [6.45, 7) is 5.79. The number of nitrogens with one attached hydrogen (secondary N) is 1. The smallest absolute Gasteiger partial charge is 0.259 e. The Morgan fingerprint density at radius 3 is 2.61 bits per heavy atom. The molecule has 0 aliphatic carbocycles. The summed E-state index contributed by atoms with van der Waals surface area (Å²) in [6, 6.07) is 8.10. The maximum absolute atomic E-state index is 13.4. The van der Waals surface area contributed by atoms with Crippen molar-refractivity contribution >= 4 is 28.3 Å². The van der Waals surface area contributed by atoms with Gasteiger partial charge in [-0.1, -0.05) is 6.07 Å². The van der Waals surface area contributed by atoms with Crippen molar-refractivity contribution in [2.24, 2.45) is 4.40 Å². The fourth-order valence-electron chi connectivity index (χ4n) is 2.59. The third-order valence-electron chi connectivity index (χ3n) is 4.05. The van der Waals surface area contributed by atoms with E-state index >= 15 is 0 Å². The predicted octanol–water partition coefficient (Wildman–Crippen LogP) is 4.25. The van der Waals surface area contributed by atoms with Gasteiger partial charge in [-0.2, -0.15) is 4.40 Å². The summed E-state index contributed by atoms with van der Waals surface area (Å²) in [5, 5.41) is 2.53. The van der Waals surface area contributed by atoms with Gasteiger partial charge >= 0.3 is 0 Å². The van der Waals surface area contributed by atoms with Crippen molar-refractivity contribution < 1.29 is 22.5 Å². The number of nitrogens with zero attached hydrogens (tertiary/aromatic N) is 1. The van der Waals surface area contributed by atoms with Crippen LogP contribution in [-0.4, -0.2) is 27.2 Å². The minimum Gasteiger partial charge on any atom is -0.492 e. The number of hydrogen-bond acceptors (Lipinski definition) is 3. The third-order valence-corrected chi connectivity index (χ3v) is 5.48. The molecular formula is C20H20F2N2O3S. The van der Waals surface area contributed by atoms with Crippen molar-refractivity contribution in [2.45, 2.75) is 31.9 Å². The number of carbonyl (C=O) groups is 1. The van der Waals surface area contributed by atoms with Gasteiger partial charge < -0.3 is 10.1 Å². The largest absolute Gasteiger partial charge is 0.492 e. The highest BCUT2D eigenvalue weighted by atomic mass is 32.2. The van der Waals surface area contributed by atoms with E-state index in [1.54, 1.807) is 18.2 Å². The number of carbonyl (C=O) groups excluding carboxylic acids is 1. The van der Waals surface area contributed by atoms with Gasteiger partial charge in [-0.05, 0) is 45.0 Å². The molecule has 0 fully saturated rings. The Labute approximate surface area is 164 Å². The monoisotopic (exact) mass is 406 g/mol. The van der Waals surface area contributed by atoms with Gasteiger partial charge in [0.2, 0.25) is 0 Å². The topological polar surface area (TPSA) is 67.8 Å². The molecule has 0 saturated heterocycles. The number of anilines is 1. The van der Waals surface area contributed by atoms with Gasteiger partial charge in [0.1, 0.15) is 16.7 Å². The zero-order valence-electron chi connectivity index (χ0n) is 15.7. The van der Waals surface area contributed by atoms with E-state index in [0.29, 0.717) is 30.1 Å². The van der Waals surface area contributed by atoms with Crippen LogP contribution in [0, 0.1) is 11.6 Å². The number of benzene rings is 2. The van der Waals surface area contributed by atoms with Crippen LogP contribution in [0.2, 0.25) is 0 Å². The van der Waals surface area contributed by atoms with E-state index in [1.807, 2.05) is 20.8 Å². The standard InChI is InChI=1S/C20H20F2N2O3S/c1-20(2,3)28(26)24-17-9-10-27-18-13(17)5-4-6-14(18)19(25)23-12-7-8-15(21)16(22)11-12/h4-8,11H,9-10H2,1-3H3,(H,23,25). The van der Waals surface area contributed by atoms with Crippen LogP contribution in [0.1, 0.15) is 43.1 Å². The van der Waals surface area contributed by atoms with Crippen molar-refractivity contribution in [3.8, 4) is 5.75 Å². The van der Waals surface area contributed by atoms with E-state index in [0.717, 1.165) is 12.1 Å². The highest BCUT2D eigenvalue weighted by molar-refractivity contribution is 7.85. The Hall–Kier alpha value is -2.61. The van der Waals surface area contributed by atoms with Crippen LogP contribution in [0.25, 0.3) is 0 Å². The molecule has 1 amide bonds. The second kappa shape index (κ2) is 7.79. The molecule has 1 atom stereocenters. The lowest BCUT2D eigenvalue weighted by Gasteiger charge is -2.22. The summed E-state index contributed by atoms with van der Waals surface area (Å²) in [7, 11) is -1.44. The molecule has 1 aliphatic rings. The number of amides is 1. The molecule has 2 aromatic rings. The zero-order valence-corrected chi connectivity index (χ0v) is 16.5. The second-order valence-corrected chi connectivity index (χ2v) is 9.17. The fourth-order valence-corrected chi connectivity index (χ4v) is 3.25. The summed E-state index contributed by atoms with van der Waals surface area (Å²) >= 11 is 0. The summed E-state index contributed by atoms with van der Waals surface area (Å²) < 4.78 is 48.4. The molecule has 2 aromatic carbocycles. The summed E-state index contributed by atoms with van der Waals surface area (Å²) in [4.78, 5) is 12.7. The van der Waals surface area contributed by atoms with Gasteiger partial charge in [-0.25, -0.2) is 13.0 Å². The number of halogens is 2. The fraction of sp³-hybridized carbons (Fsp3) is 0.300. The van der Waals surface area contributed by atoms with Gasteiger partial charge in [-0.3, -0.25) is 4.79 Å². The van der Waals surface area contributed by atoms with Crippen LogP contribution >= 0.6 is 0 Å². The molecule has 0 aromatic heterocycles. The van der Waals surface area contributed by atoms with Crippen LogP contribution in [0.15, 0.2) is 40.8 Å². The highest BCUT2D eigenvalue weighted by Gasteiger charge is 2.26. The average Bonchev–Trinajstić information content (AvgIpc) is 2.63. The molecule has 0 spiro atoms. The maximum Gasteiger partial charge on any atom is 0.259 e. The van der Waals surface area contributed by atoms with Crippen LogP contribution in [0.3, 0.4) is 0 Å². The molecule has 1 aliphatic heterocycles. The van der Waals surface area contributed by atoms with Gasteiger partial charge in [0.05, 0.1) is 22.6 Å². The van der Waals surface area contributed by atoms with Gasteiger partial charge in [-0.15, -0.1) is 0 Å². The minimum absolute atomic E-state index is 0.125. The molecular weight excluding hydrogens is 386 g/mol. The number of fused-ring (bicyclic) bond motifs is 1. The van der Waals surface area contributed by atoms with E-state index in [2.05, 4.69) is 9.71 Å². The molecule has 3 rings (SSSR count).